The number of thiophene rings is 1. The highest BCUT2D eigenvalue weighted by Gasteiger charge is 2.23. The van der Waals surface area contributed by atoms with Crippen molar-refractivity contribution in [3.05, 3.63) is 194 Å². The van der Waals surface area contributed by atoms with Crippen LogP contribution in [0.5, 0.6) is 23.0 Å². The monoisotopic (exact) mass is 700 g/mol. The summed E-state index contributed by atoms with van der Waals surface area (Å²) in [4.78, 5) is 4.65. The summed E-state index contributed by atoms with van der Waals surface area (Å²) in [6.07, 6.45) is 0. The lowest BCUT2D eigenvalue weighted by molar-refractivity contribution is 0.360. The standard InChI is InChI=1S/C48H32N2O2S/c1-4-13-33(14-5-1)34-23-25-37(26-24-34)49(39-27-29-45-46(32-39)52-44-22-11-10-21-43(44)51-45)38-28-30-47-41(31-38)40-19-12-20-42(48(40)53-47)50(35-15-6-2-7-16-35)36-17-8-3-9-18-36/h1-32H. The highest BCUT2D eigenvalue weighted by atomic mass is 32.1. The van der Waals surface area contributed by atoms with Crippen molar-refractivity contribution in [2.45, 2.75) is 0 Å². The second kappa shape index (κ2) is 13.1. The molecule has 0 saturated heterocycles. The van der Waals surface area contributed by atoms with Crippen LogP contribution < -0.4 is 19.3 Å². The molecule has 8 aromatic carbocycles. The van der Waals surface area contributed by atoms with Crippen molar-refractivity contribution in [2.24, 2.45) is 0 Å². The normalized spacial score (nSPS) is 11.7. The lowest BCUT2D eigenvalue weighted by Crippen LogP contribution is -2.10. The van der Waals surface area contributed by atoms with Gasteiger partial charge in [0.25, 0.3) is 0 Å². The van der Waals surface area contributed by atoms with E-state index in [0.29, 0.717) is 23.0 Å². The maximum atomic E-state index is 6.39. The van der Waals surface area contributed by atoms with Gasteiger partial charge in [-0.1, -0.05) is 103 Å². The van der Waals surface area contributed by atoms with Crippen LogP contribution in [0.1, 0.15) is 0 Å². The van der Waals surface area contributed by atoms with Gasteiger partial charge in [-0.25, -0.2) is 0 Å². The van der Waals surface area contributed by atoms with Crippen LogP contribution in [0.15, 0.2) is 194 Å². The molecule has 0 amide bonds. The van der Waals surface area contributed by atoms with Gasteiger partial charge < -0.3 is 19.3 Å². The maximum Gasteiger partial charge on any atom is 0.172 e. The molecule has 4 nitrogen and oxygen atoms in total. The molecule has 0 N–H and O–H groups in total. The van der Waals surface area contributed by atoms with Crippen LogP contribution in [0.3, 0.4) is 0 Å². The molecule has 252 valence electrons. The molecular formula is C48H32N2O2S. The van der Waals surface area contributed by atoms with Gasteiger partial charge in [0.2, 0.25) is 0 Å². The van der Waals surface area contributed by atoms with Crippen LogP contribution in [0.25, 0.3) is 31.3 Å². The van der Waals surface area contributed by atoms with Gasteiger partial charge in [0.05, 0.1) is 16.1 Å². The smallest absolute Gasteiger partial charge is 0.172 e. The van der Waals surface area contributed by atoms with Gasteiger partial charge in [0.15, 0.2) is 23.0 Å². The highest BCUT2D eigenvalue weighted by molar-refractivity contribution is 7.26. The Kier molecular flexibility index (Phi) is 7.63. The summed E-state index contributed by atoms with van der Waals surface area (Å²) in [7, 11) is 0. The average Bonchev–Trinajstić information content (AvgIpc) is 3.60. The van der Waals surface area contributed by atoms with E-state index in [1.807, 2.05) is 47.7 Å². The molecule has 0 atom stereocenters. The third-order valence-electron chi connectivity index (χ3n) is 9.69. The van der Waals surface area contributed by atoms with E-state index in [4.69, 9.17) is 9.47 Å². The van der Waals surface area contributed by atoms with E-state index in [-0.39, 0.29) is 0 Å². The molecule has 1 aliphatic heterocycles. The van der Waals surface area contributed by atoms with Gasteiger partial charge >= 0.3 is 0 Å². The minimum atomic E-state index is 0.681. The minimum absolute atomic E-state index is 0.681. The second-order valence-corrected chi connectivity index (χ2v) is 14.0. The molecule has 0 fully saturated rings. The van der Waals surface area contributed by atoms with E-state index in [0.717, 1.165) is 34.1 Å². The molecule has 0 saturated carbocycles. The van der Waals surface area contributed by atoms with Crippen LogP contribution in [0.4, 0.5) is 34.1 Å². The van der Waals surface area contributed by atoms with Crippen molar-refractivity contribution >= 4 is 65.6 Å². The molecule has 1 aromatic heterocycles. The molecule has 9 aromatic rings. The third-order valence-corrected chi connectivity index (χ3v) is 10.9. The molecule has 0 bridgehead atoms. The molecule has 2 heterocycles. The number of fused-ring (bicyclic) bond motifs is 5. The minimum Gasteiger partial charge on any atom is -0.450 e. The van der Waals surface area contributed by atoms with Gasteiger partial charge in [0, 0.05) is 44.3 Å². The van der Waals surface area contributed by atoms with Gasteiger partial charge in [-0.05, 0) is 96.1 Å². The SMILES string of the molecule is c1ccc(-c2ccc(N(c3ccc4c(c3)Oc3ccccc3O4)c3ccc4sc5c(N(c6ccccc6)c6ccccc6)cccc5c4c3)cc2)cc1. The fourth-order valence-electron chi connectivity index (χ4n) is 7.20. The van der Waals surface area contributed by atoms with Crippen LogP contribution in [0, 0.1) is 0 Å². The Morgan fingerprint density at radius 2 is 0.868 bits per heavy atom. The average molecular weight is 701 g/mol. The van der Waals surface area contributed by atoms with Crippen LogP contribution >= 0.6 is 11.3 Å². The molecular weight excluding hydrogens is 669 g/mol. The van der Waals surface area contributed by atoms with E-state index in [9.17, 15) is 0 Å². The zero-order chi connectivity index (χ0) is 35.1. The summed E-state index contributed by atoms with van der Waals surface area (Å²) in [5, 5.41) is 2.43. The first-order chi connectivity index (χ1) is 26.3. The van der Waals surface area contributed by atoms with Crippen LogP contribution in [-0.2, 0) is 0 Å². The highest BCUT2D eigenvalue weighted by Crippen LogP contribution is 2.50. The first-order valence-electron chi connectivity index (χ1n) is 17.7. The van der Waals surface area contributed by atoms with E-state index in [2.05, 4.69) is 168 Å². The Morgan fingerprint density at radius 1 is 0.340 bits per heavy atom. The zero-order valence-corrected chi connectivity index (χ0v) is 29.4. The number of para-hydroxylation sites is 4. The molecule has 10 rings (SSSR count). The Morgan fingerprint density at radius 3 is 1.57 bits per heavy atom. The summed E-state index contributed by atoms with van der Waals surface area (Å²) >= 11 is 1.83. The van der Waals surface area contributed by atoms with Crippen molar-refractivity contribution in [3.8, 4) is 34.1 Å². The summed E-state index contributed by atoms with van der Waals surface area (Å²) < 4.78 is 15.1. The first-order valence-corrected chi connectivity index (χ1v) is 18.5. The van der Waals surface area contributed by atoms with Gasteiger partial charge in [-0.3, -0.25) is 0 Å². The third kappa shape index (κ3) is 5.64. The van der Waals surface area contributed by atoms with Crippen molar-refractivity contribution in [1.29, 1.82) is 0 Å². The lowest BCUT2D eigenvalue weighted by atomic mass is 10.0. The number of hydrogen-bond donors (Lipinski definition) is 0. The number of nitrogens with zero attached hydrogens (tertiary/aromatic N) is 2. The largest absolute Gasteiger partial charge is 0.450 e. The van der Waals surface area contributed by atoms with Crippen molar-refractivity contribution in [1.82, 2.24) is 0 Å². The first kappa shape index (κ1) is 31.0. The van der Waals surface area contributed by atoms with Crippen molar-refractivity contribution in [3.63, 3.8) is 0 Å². The molecule has 0 aliphatic carbocycles. The van der Waals surface area contributed by atoms with Crippen molar-refractivity contribution < 1.29 is 9.47 Å². The van der Waals surface area contributed by atoms with Gasteiger partial charge in [-0.2, -0.15) is 0 Å². The number of ether oxygens (including phenoxy) is 2. The Labute approximate surface area is 312 Å². The van der Waals surface area contributed by atoms with E-state index in [1.165, 1.54) is 31.3 Å². The van der Waals surface area contributed by atoms with Gasteiger partial charge in [0.1, 0.15) is 0 Å². The Hall–Kier alpha value is -6.82. The number of hydrogen-bond acceptors (Lipinski definition) is 5. The lowest BCUT2D eigenvalue weighted by Gasteiger charge is -2.28. The number of rotatable bonds is 7. The second-order valence-electron chi connectivity index (χ2n) is 13.0. The molecule has 5 heteroatoms. The summed E-state index contributed by atoms with van der Waals surface area (Å²) in [5.74, 6) is 2.80. The predicted molar refractivity (Wildman–Crippen MR) is 221 cm³/mol. The van der Waals surface area contributed by atoms with E-state index < -0.39 is 0 Å². The summed E-state index contributed by atoms with van der Waals surface area (Å²) in [6.45, 7) is 0. The molecule has 53 heavy (non-hydrogen) atoms. The quantitative estimate of drug-likeness (QED) is 0.165. The molecule has 0 spiro atoms. The zero-order valence-electron chi connectivity index (χ0n) is 28.6. The van der Waals surface area contributed by atoms with E-state index >= 15 is 0 Å². The van der Waals surface area contributed by atoms with Crippen molar-refractivity contribution in [2.75, 3.05) is 9.80 Å². The topological polar surface area (TPSA) is 24.9 Å². The number of anilines is 6. The molecule has 1 aliphatic rings. The maximum absolute atomic E-state index is 6.39. The molecule has 0 unspecified atom stereocenters. The summed E-state index contributed by atoms with van der Waals surface area (Å²) in [5.41, 5.74) is 8.82. The fraction of sp³-hybridized carbons (Fsp3) is 0. The Balaban J connectivity index is 1.12. The van der Waals surface area contributed by atoms with Gasteiger partial charge in [-0.15, -0.1) is 11.3 Å². The molecule has 0 radical (unpaired) electrons. The van der Waals surface area contributed by atoms with Crippen LogP contribution in [-0.4, -0.2) is 0 Å². The predicted octanol–water partition coefficient (Wildman–Crippen LogP) is 14.6. The summed E-state index contributed by atoms with van der Waals surface area (Å²) in [6, 6.07) is 67.9. The van der Waals surface area contributed by atoms with E-state index in [1.54, 1.807) is 0 Å². The Bertz CT molecular complexity index is 2690. The fourth-order valence-corrected chi connectivity index (χ4v) is 8.39. The number of benzene rings is 8. The van der Waals surface area contributed by atoms with Crippen LogP contribution in [0.2, 0.25) is 0 Å².